The smallest absolute Gasteiger partial charge is 0.0950 e. The highest BCUT2D eigenvalue weighted by Crippen LogP contribution is 2.42. The highest BCUT2D eigenvalue weighted by atomic mass is 15.4. The first-order valence-electron chi connectivity index (χ1n) is 11.7. The Bertz CT molecular complexity index is 818. The van der Waals surface area contributed by atoms with Gasteiger partial charge in [0.25, 0.3) is 0 Å². The average molecular weight is 391 g/mol. The van der Waals surface area contributed by atoms with Gasteiger partial charge in [-0.1, -0.05) is 72.6 Å². The van der Waals surface area contributed by atoms with Crippen LogP contribution in [0.4, 0.5) is 0 Å². The van der Waals surface area contributed by atoms with Crippen LogP contribution in [0.15, 0.2) is 42.3 Å². The molecule has 2 heteroatoms. The molecule has 2 aliphatic heterocycles. The van der Waals surface area contributed by atoms with Crippen molar-refractivity contribution in [2.75, 3.05) is 6.67 Å². The summed E-state index contributed by atoms with van der Waals surface area (Å²) in [6.45, 7) is 15.0. The van der Waals surface area contributed by atoms with Crippen molar-refractivity contribution >= 4 is 5.70 Å². The Morgan fingerprint density at radius 1 is 0.862 bits per heavy atom. The lowest BCUT2D eigenvalue weighted by atomic mass is 9.82. The Morgan fingerprint density at radius 3 is 2.03 bits per heavy atom. The molecule has 3 aliphatic rings. The second-order valence-corrected chi connectivity index (χ2v) is 10.0. The van der Waals surface area contributed by atoms with E-state index in [1.165, 1.54) is 59.3 Å². The molecule has 0 spiro atoms. The molecule has 156 valence electrons. The molecule has 0 N–H and O–H groups in total. The summed E-state index contributed by atoms with van der Waals surface area (Å²) in [6.07, 6.45) is 14.7. The monoisotopic (exact) mass is 390 g/mol. The Balaban J connectivity index is 1.79. The third-order valence-corrected chi connectivity index (χ3v) is 6.91. The van der Waals surface area contributed by atoms with Crippen LogP contribution in [-0.4, -0.2) is 22.5 Å². The van der Waals surface area contributed by atoms with Crippen LogP contribution in [0.1, 0.15) is 107 Å². The number of hydrogen-bond acceptors (Lipinski definition) is 2. The van der Waals surface area contributed by atoms with Crippen molar-refractivity contribution in [3.8, 4) is 0 Å². The number of fused-ring (bicyclic) bond motifs is 1. The van der Waals surface area contributed by atoms with Gasteiger partial charge in [-0.15, -0.1) is 0 Å². The fourth-order valence-corrected chi connectivity index (χ4v) is 5.13. The van der Waals surface area contributed by atoms with Crippen LogP contribution in [0.5, 0.6) is 0 Å². The molecule has 1 fully saturated rings. The van der Waals surface area contributed by atoms with E-state index in [2.05, 4.69) is 87.9 Å². The van der Waals surface area contributed by atoms with E-state index >= 15 is 0 Å². The summed E-state index contributed by atoms with van der Waals surface area (Å²) in [5, 5.41) is 0. The largest absolute Gasteiger partial charge is 0.355 e. The van der Waals surface area contributed by atoms with E-state index in [4.69, 9.17) is 0 Å². The van der Waals surface area contributed by atoms with Gasteiger partial charge in [-0.05, 0) is 59.4 Å². The first-order valence-corrected chi connectivity index (χ1v) is 11.7. The van der Waals surface area contributed by atoms with E-state index in [-0.39, 0.29) is 0 Å². The highest BCUT2D eigenvalue weighted by molar-refractivity contribution is 5.76. The second-order valence-electron chi connectivity index (χ2n) is 10.0. The molecule has 2 heterocycles. The van der Waals surface area contributed by atoms with Gasteiger partial charge in [0.2, 0.25) is 0 Å². The standard InChI is InChI=1S/C27H38N2/c1-18(2)21-14-24(19(3)4)27(25(15-21)20(5)6)26-13-9-12-23-16-28(17-29(23)26)22-10-7-8-11-22/h9,12-16,18-20,22H,7-8,10-11,17H2,1-6H3. The van der Waals surface area contributed by atoms with Gasteiger partial charge < -0.3 is 9.80 Å². The highest BCUT2D eigenvalue weighted by Gasteiger charge is 2.32. The maximum Gasteiger partial charge on any atom is 0.0950 e. The first kappa shape index (κ1) is 20.3. The van der Waals surface area contributed by atoms with Crippen LogP contribution in [0, 0.1) is 0 Å². The molecule has 0 aromatic heterocycles. The molecule has 1 aromatic rings. The molecule has 0 bridgehead atoms. The van der Waals surface area contributed by atoms with Crippen LogP contribution >= 0.6 is 0 Å². The van der Waals surface area contributed by atoms with E-state index in [9.17, 15) is 0 Å². The maximum atomic E-state index is 2.60. The van der Waals surface area contributed by atoms with Crippen molar-refractivity contribution in [2.24, 2.45) is 0 Å². The zero-order valence-corrected chi connectivity index (χ0v) is 19.2. The van der Waals surface area contributed by atoms with E-state index in [1.807, 2.05) is 0 Å². The van der Waals surface area contributed by atoms with Gasteiger partial charge in [0.1, 0.15) is 0 Å². The predicted molar refractivity (Wildman–Crippen MR) is 125 cm³/mol. The van der Waals surface area contributed by atoms with Gasteiger partial charge >= 0.3 is 0 Å². The summed E-state index contributed by atoms with van der Waals surface area (Å²) >= 11 is 0. The topological polar surface area (TPSA) is 6.48 Å². The van der Waals surface area contributed by atoms with Crippen LogP contribution in [0.2, 0.25) is 0 Å². The van der Waals surface area contributed by atoms with Crippen LogP contribution in [0.25, 0.3) is 5.70 Å². The Morgan fingerprint density at radius 2 is 1.48 bits per heavy atom. The number of hydrogen-bond donors (Lipinski definition) is 0. The van der Waals surface area contributed by atoms with E-state index < -0.39 is 0 Å². The minimum Gasteiger partial charge on any atom is -0.355 e. The Kier molecular flexibility index (Phi) is 5.64. The molecule has 1 saturated carbocycles. The lowest BCUT2D eigenvalue weighted by Gasteiger charge is -2.33. The van der Waals surface area contributed by atoms with Gasteiger partial charge in [0, 0.05) is 17.8 Å². The zero-order valence-electron chi connectivity index (χ0n) is 19.2. The van der Waals surface area contributed by atoms with Crippen LogP contribution in [-0.2, 0) is 0 Å². The van der Waals surface area contributed by atoms with Crippen LogP contribution in [0.3, 0.4) is 0 Å². The third-order valence-electron chi connectivity index (χ3n) is 6.91. The summed E-state index contributed by atoms with van der Waals surface area (Å²) in [4.78, 5) is 5.15. The first-order chi connectivity index (χ1) is 13.9. The van der Waals surface area contributed by atoms with Gasteiger partial charge in [0.15, 0.2) is 0 Å². The number of allylic oxidation sites excluding steroid dienone is 3. The summed E-state index contributed by atoms with van der Waals surface area (Å²) < 4.78 is 0. The van der Waals surface area contributed by atoms with Crippen LogP contribution < -0.4 is 0 Å². The molecule has 29 heavy (non-hydrogen) atoms. The summed E-state index contributed by atoms with van der Waals surface area (Å²) in [7, 11) is 0. The molecule has 0 saturated heterocycles. The van der Waals surface area contributed by atoms with Gasteiger partial charge in [-0.2, -0.15) is 0 Å². The lowest BCUT2D eigenvalue weighted by molar-refractivity contribution is 0.246. The van der Waals surface area contributed by atoms with Crippen molar-refractivity contribution < 1.29 is 0 Å². The van der Waals surface area contributed by atoms with E-state index in [0.717, 1.165) is 12.7 Å². The minimum atomic E-state index is 0.508. The molecule has 0 amide bonds. The SMILES string of the molecule is CC(C)c1cc(C(C)C)c(C2=CC=CC3=CN(C4CCCC4)CN32)c(C(C)C)c1. The van der Waals surface area contributed by atoms with Gasteiger partial charge in [-0.3, -0.25) is 0 Å². The third kappa shape index (κ3) is 3.79. The van der Waals surface area contributed by atoms with E-state index in [0.29, 0.717) is 17.8 Å². The number of benzene rings is 1. The van der Waals surface area contributed by atoms with Crippen molar-refractivity contribution in [3.63, 3.8) is 0 Å². The van der Waals surface area contributed by atoms with Gasteiger partial charge in [0.05, 0.1) is 18.1 Å². The average Bonchev–Trinajstić information content (AvgIpc) is 3.35. The fourth-order valence-electron chi connectivity index (χ4n) is 5.13. The second kappa shape index (κ2) is 8.05. The molecule has 1 aromatic carbocycles. The minimum absolute atomic E-state index is 0.508. The summed E-state index contributed by atoms with van der Waals surface area (Å²) in [5.41, 5.74) is 8.69. The zero-order chi connectivity index (χ0) is 20.7. The molecule has 2 nitrogen and oxygen atoms in total. The molecule has 1 aliphatic carbocycles. The number of nitrogens with zero attached hydrogens (tertiary/aromatic N) is 2. The quantitative estimate of drug-likeness (QED) is 0.519. The predicted octanol–water partition coefficient (Wildman–Crippen LogP) is 7.33. The molecule has 0 radical (unpaired) electrons. The Hall–Kier alpha value is -1.96. The normalized spacial score (nSPS) is 19.6. The maximum absolute atomic E-state index is 2.60. The Labute approximate surface area is 178 Å². The number of rotatable bonds is 5. The molecule has 0 unspecified atom stereocenters. The van der Waals surface area contributed by atoms with Crippen molar-refractivity contribution in [3.05, 3.63) is 64.5 Å². The van der Waals surface area contributed by atoms with Crippen molar-refractivity contribution in [1.82, 2.24) is 9.80 Å². The van der Waals surface area contributed by atoms with Gasteiger partial charge in [-0.25, -0.2) is 0 Å². The fraction of sp³-hybridized carbons (Fsp3) is 0.556. The molecule has 4 rings (SSSR count). The summed E-state index contributed by atoms with van der Waals surface area (Å²) in [6, 6.07) is 5.67. The van der Waals surface area contributed by atoms with Crippen molar-refractivity contribution in [1.29, 1.82) is 0 Å². The molecule has 0 atom stereocenters. The van der Waals surface area contributed by atoms with E-state index in [1.54, 1.807) is 0 Å². The summed E-state index contributed by atoms with van der Waals surface area (Å²) in [5.74, 6) is 1.57. The molecular formula is C27H38N2. The molecular weight excluding hydrogens is 352 g/mol. The lowest BCUT2D eigenvalue weighted by Crippen LogP contribution is -2.32. The van der Waals surface area contributed by atoms with Crippen molar-refractivity contribution in [2.45, 2.75) is 91.0 Å².